The molecule has 68 heavy (non-hydrogen) atoms. The molecule has 0 radical (unpaired) electrons. The monoisotopic (exact) mass is 979 g/mol. The molecule has 14 N–H and O–H groups in total. The van der Waals surface area contributed by atoms with Gasteiger partial charge in [0, 0.05) is 17.3 Å². The van der Waals surface area contributed by atoms with E-state index in [9.17, 15) is 71.5 Å². The van der Waals surface area contributed by atoms with Crippen LogP contribution in [0.3, 0.4) is 0 Å². The molecular weight excluding hydrogens is 897 g/mol. The molecule has 6 fully saturated rings. The molecule has 0 aromatic heterocycles. The zero-order chi connectivity index (χ0) is 50.4. The lowest BCUT2D eigenvalue weighted by atomic mass is 9.38. The van der Waals surface area contributed by atoms with E-state index in [1.807, 2.05) is 6.92 Å². The number of fused-ring (bicyclic) bond motifs is 5. The van der Waals surface area contributed by atoms with Crippen molar-refractivity contribution >= 4 is 0 Å². The van der Waals surface area contributed by atoms with Gasteiger partial charge in [-0.1, -0.05) is 53.2 Å². The predicted octanol–water partition coefficient (Wildman–Crippen LogP) is -2.09. The molecule has 20 heteroatoms. The molecule has 0 aromatic rings. The first-order chi connectivity index (χ1) is 31.6. The summed E-state index contributed by atoms with van der Waals surface area (Å²) in [5, 5.41) is 150. The van der Waals surface area contributed by atoms with Gasteiger partial charge in [-0.05, 0) is 86.9 Å². The van der Waals surface area contributed by atoms with Crippen LogP contribution < -0.4 is 0 Å². The third-order valence-corrected chi connectivity index (χ3v) is 18.8. The number of hydrogen-bond acceptors (Lipinski definition) is 20. The summed E-state index contributed by atoms with van der Waals surface area (Å²) in [5.74, 6) is -0.349. The normalized spacial score (nSPS) is 50.9. The van der Waals surface area contributed by atoms with Gasteiger partial charge in [0.2, 0.25) is 0 Å². The molecule has 0 spiro atoms. The van der Waals surface area contributed by atoms with Gasteiger partial charge >= 0.3 is 0 Å². The molecule has 3 aliphatic heterocycles. The number of hydrogen-bond donors (Lipinski definition) is 14. The van der Waals surface area contributed by atoms with Crippen molar-refractivity contribution in [1.82, 2.24) is 0 Å². The van der Waals surface area contributed by atoms with Gasteiger partial charge in [-0.15, -0.1) is 0 Å². The second-order valence-electron chi connectivity index (χ2n) is 23.2. The maximum Gasteiger partial charge on any atom is 0.187 e. The van der Waals surface area contributed by atoms with E-state index in [0.717, 1.165) is 18.4 Å². The predicted molar refractivity (Wildman–Crippen MR) is 236 cm³/mol. The number of ether oxygens (including phenoxy) is 6. The first kappa shape index (κ1) is 54.7. The Bertz CT molecular complexity index is 1740. The quantitative estimate of drug-likeness (QED) is 0.0831. The van der Waals surface area contributed by atoms with E-state index >= 15 is 0 Å². The number of allylic oxidation sites excluding steroid dienone is 1. The fraction of sp³-hybridized carbons (Fsp3) is 0.958. The minimum Gasteiger partial charge on any atom is -0.394 e. The summed E-state index contributed by atoms with van der Waals surface area (Å²) in [6.45, 7) is 14.0. The molecule has 7 aliphatic rings. The zero-order valence-electron chi connectivity index (χ0n) is 40.6. The van der Waals surface area contributed by atoms with Gasteiger partial charge in [0.25, 0.3) is 0 Å². The van der Waals surface area contributed by atoms with Gasteiger partial charge in [0.1, 0.15) is 73.2 Å². The molecule has 0 aromatic carbocycles. The fourth-order valence-electron chi connectivity index (χ4n) is 14.1. The highest BCUT2D eigenvalue weighted by atomic mass is 16.7. The summed E-state index contributed by atoms with van der Waals surface area (Å²) in [5.41, 5.74) is -2.23. The highest BCUT2D eigenvalue weighted by molar-refractivity contribution is 5.32. The van der Waals surface area contributed by atoms with Crippen LogP contribution in [0.1, 0.15) is 100 Å². The maximum atomic E-state index is 12.6. The van der Waals surface area contributed by atoms with Gasteiger partial charge in [0.15, 0.2) is 18.9 Å². The summed E-state index contributed by atoms with van der Waals surface area (Å²) < 4.78 is 35.1. The van der Waals surface area contributed by atoms with E-state index in [1.54, 1.807) is 0 Å². The Hall–Kier alpha value is -1.06. The first-order valence-electron chi connectivity index (χ1n) is 24.6. The molecule has 0 bridgehead atoms. The Morgan fingerprint density at radius 3 is 1.79 bits per heavy atom. The van der Waals surface area contributed by atoms with Crippen molar-refractivity contribution in [3.63, 3.8) is 0 Å². The Morgan fingerprint density at radius 1 is 0.691 bits per heavy atom. The van der Waals surface area contributed by atoms with Crippen LogP contribution in [0, 0.1) is 45.3 Å². The minimum atomic E-state index is -1.82. The van der Waals surface area contributed by atoms with Crippen molar-refractivity contribution in [2.24, 2.45) is 45.3 Å². The molecule has 4 aliphatic carbocycles. The van der Waals surface area contributed by atoms with Gasteiger partial charge in [0.05, 0.1) is 49.8 Å². The standard InChI is InChI=1S/C48H82O20/c1-20(24(51)15-31(45(4,5)62)68-43-40(61)37(58)34(55)27(66-43)19-63-41-38(59)35(56)32(53)25(17-49)64-41)21-13-14-46(6)28-11-9-22-23(48(28,8)29(52)16-47(21,46)7)10-12-30(44(22,2)3)67-42-39(60)36(57)33(54)26(18-50)65-42/h9,20-21,23-43,49-62H,10-19H2,1-8H3/t20-,21+,23+,24?,25+,26+,27+,28-,29-,30-,31+,32+,33+,34+,35-,36-,37-,38+,39+,40+,41+,42-,43-,46-,47+,48-/m0/s1. The van der Waals surface area contributed by atoms with Crippen LogP contribution in [0.2, 0.25) is 0 Å². The van der Waals surface area contributed by atoms with Gasteiger partial charge < -0.3 is 99.9 Å². The summed E-state index contributed by atoms with van der Waals surface area (Å²) in [6, 6.07) is 0. The topological polar surface area (TPSA) is 339 Å². The lowest BCUT2D eigenvalue weighted by Crippen LogP contribution is -2.65. The summed E-state index contributed by atoms with van der Waals surface area (Å²) in [7, 11) is 0. The van der Waals surface area contributed by atoms with E-state index in [-0.39, 0.29) is 35.5 Å². The first-order valence-corrected chi connectivity index (χ1v) is 24.6. The van der Waals surface area contributed by atoms with E-state index in [2.05, 4.69) is 40.7 Å². The molecule has 26 atom stereocenters. The molecule has 7 rings (SSSR count). The summed E-state index contributed by atoms with van der Waals surface area (Å²) >= 11 is 0. The molecule has 1 unspecified atom stereocenters. The van der Waals surface area contributed by atoms with Crippen molar-refractivity contribution in [1.29, 1.82) is 0 Å². The molecular formula is C48H82O20. The van der Waals surface area contributed by atoms with Crippen LogP contribution in [-0.4, -0.2) is 213 Å². The Labute approximate surface area is 398 Å². The Balaban J connectivity index is 1.03. The molecule has 3 saturated heterocycles. The summed E-state index contributed by atoms with van der Waals surface area (Å²) in [4.78, 5) is 0. The number of aliphatic hydroxyl groups is 14. The lowest BCUT2D eigenvalue weighted by Gasteiger charge is -2.67. The largest absolute Gasteiger partial charge is 0.394 e. The lowest BCUT2D eigenvalue weighted by molar-refractivity contribution is -0.342. The van der Waals surface area contributed by atoms with Crippen molar-refractivity contribution < 1.29 is 99.9 Å². The van der Waals surface area contributed by atoms with E-state index in [4.69, 9.17) is 28.4 Å². The van der Waals surface area contributed by atoms with Crippen LogP contribution in [0.25, 0.3) is 0 Å². The molecule has 20 nitrogen and oxygen atoms in total. The van der Waals surface area contributed by atoms with Crippen molar-refractivity contribution in [3.05, 3.63) is 11.6 Å². The van der Waals surface area contributed by atoms with Crippen molar-refractivity contribution in [2.45, 2.75) is 222 Å². The van der Waals surface area contributed by atoms with Gasteiger partial charge in [-0.25, -0.2) is 0 Å². The third-order valence-electron chi connectivity index (χ3n) is 18.8. The zero-order valence-corrected chi connectivity index (χ0v) is 40.6. The fourth-order valence-corrected chi connectivity index (χ4v) is 14.1. The second kappa shape index (κ2) is 20.0. The molecule has 3 saturated carbocycles. The molecule has 3 heterocycles. The van der Waals surface area contributed by atoms with Crippen LogP contribution in [0.5, 0.6) is 0 Å². The van der Waals surface area contributed by atoms with Crippen molar-refractivity contribution in [3.8, 4) is 0 Å². The highest BCUT2D eigenvalue weighted by Crippen LogP contribution is 2.75. The molecule has 0 amide bonds. The number of aliphatic hydroxyl groups excluding tert-OH is 13. The second-order valence-corrected chi connectivity index (χ2v) is 23.2. The van der Waals surface area contributed by atoms with E-state index < -0.39 is 158 Å². The van der Waals surface area contributed by atoms with Crippen LogP contribution in [0.15, 0.2) is 11.6 Å². The van der Waals surface area contributed by atoms with Crippen LogP contribution >= 0.6 is 0 Å². The average Bonchev–Trinajstić information content (AvgIpc) is 3.55. The highest BCUT2D eigenvalue weighted by Gasteiger charge is 2.70. The number of rotatable bonds is 14. The maximum absolute atomic E-state index is 12.6. The minimum absolute atomic E-state index is 0.00454. The Kier molecular flexibility index (Phi) is 16.1. The smallest absolute Gasteiger partial charge is 0.187 e. The van der Waals surface area contributed by atoms with Crippen molar-refractivity contribution in [2.75, 3.05) is 19.8 Å². The van der Waals surface area contributed by atoms with Gasteiger partial charge in [-0.3, -0.25) is 0 Å². The van der Waals surface area contributed by atoms with Crippen LogP contribution in [-0.2, 0) is 28.4 Å². The van der Waals surface area contributed by atoms with E-state index in [1.165, 1.54) is 13.8 Å². The average molecular weight is 979 g/mol. The Morgan fingerprint density at radius 2 is 1.22 bits per heavy atom. The molecule has 394 valence electrons. The SMILES string of the molecule is C[C@H](C(O)C[C@@H](O[C@@H]1O[C@H](CO[C@@H]2O[C@H](CO)[C@@H](O)[C@H](O)[C@H]2O)[C@@H](O)[C@H](O)[C@H]1O)C(C)(C)O)[C@H]1CC[C@@]2(C)[C@@H]3CC=C4[C@@H](CC[C@H](O[C@@H]5O[C@H](CO)[C@@H](O)[C@H](O)[C@H]5O)C4(C)C)[C@]3(C)[C@@H](O)C[C@]12C. The summed E-state index contributed by atoms with van der Waals surface area (Å²) in [6.07, 6.45) is -20.4. The van der Waals surface area contributed by atoms with E-state index in [0.29, 0.717) is 25.7 Å². The van der Waals surface area contributed by atoms with Gasteiger partial charge in [-0.2, -0.15) is 0 Å². The third kappa shape index (κ3) is 9.19. The van der Waals surface area contributed by atoms with Crippen LogP contribution in [0.4, 0.5) is 0 Å².